The van der Waals surface area contributed by atoms with Gasteiger partial charge in [-0.05, 0) is 73.4 Å². The maximum atomic E-state index is 13.3. The van der Waals surface area contributed by atoms with E-state index in [0.29, 0.717) is 16.8 Å². The van der Waals surface area contributed by atoms with Gasteiger partial charge in [-0.15, -0.1) is 0 Å². The van der Waals surface area contributed by atoms with Gasteiger partial charge in [-0.1, -0.05) is 28.1 Å². The number of piperidine rings is 1. The molecule has 5 rings (SSSR count). The van der Waals surface area contributed by atoms with Crippen LogP contribution >= 0.6 is 15.9 Å². The van der Waals surface area contributed by atoms with Crippen molar-refractivity contribution in [1.82, 2.24) is 4.98 Å². The molecule has 0 saturated carbocycles. The molecule has 0 spiro atoms. The van der Waals surface area contributed by atoms with Crippen molar-refractivity contribution in [3.8, 4) is 0 Å². The Morgan fingerprint density at radius 3 is 2.12 bits per heavy atom. The summed E-state index contributed by atoms with van der Waals surface area (Å²) in [4.78, 5) is 34.4. The number of anilines is 2. The summed E-state index contributed by atoms with van der Waals surface area (Å²) in [6.07, 6.45) is 6.84. The van der Waals surface area contributed by atoms with E-state index < -0.39 is 17.7 Å². The van der Waals surface area contributed by atoms with Crippen molar-refractivity contribution in [2.24, 2.45) is 0 Å². The number of pyridine rings is 1. The van der Waals surface area contributed by atoms with E-state index in [1.807, 2.05) is 24.3 Å². The highest BCUT2D eigenvalue weighted by atomic mass is 79.9. The van der Waals surface area contributed by atoms with Crippen LogP contribution in [-0.4, -0.2) is 34.9 Å². The van der Waals surface area contributed by atoms with E-state index in [4.69, 9.17) is 0 Å². The number of hydrogen-bond acceptors (Lipinski definition) is 5. The molecule has 7 heteroatoms. The number of amides is 1. The number of benzene rings is 2. The molecule has 0 radical (unpaired) electrons. The number of carbonyl (C=O) groups is 2. The van der Waals surface area contributed by atoms with Gasteiger partial charge in [-0.25, -0.2) is 0 Å². The van der Waals surface area contributed by atoms with E-state index in [0.717, 1.165) is 23.2 Å². The molecule has 172 valence electrons. The highest BCUT2D eigenvalue weighted by Crippen LogP contribution is 2.42. The van der Waals surface area contributed by atoms with Gasteiger partial charge < -0.3 is 10.0 Å². The van der Waals surface area contributed by atoms with E-state index >= 15 is 0 Å². The third-order valence-electron chi connectivity index (χ3n) is 6.43. The normalized spacial score (nSPS) is 20.1. The minimum atomic E-state index is -0.757. The first-order valence-corrected chi connectivity index (χ1v) is 12.2. The first-order chi connectivity index (χ1) is 16.5. The highest BCUT2D eigenvalue weighted by molar-refractivity contribution is 9.10. The van der Waals surface area contributed by atoms with Gasteiger partial charge in [0.1, 0.15) is 5.76 Å². The zero-order chi connectivity index (χ0) is 23.7. The Labute approximate surface area is 206 Å². The van der Waals surface area contributed by atoms with Gasteiger partial charge in [0.05, 0.1) is 11.6 Å². The number of aliphatic hydroxyl groups is 1. The molecule has 1 amide bonds. The molecule has 0 aliphatic carbocycles. The molecule has 2 saturated heterocycles. The zero-order valence-corrected chi connectivity index (χ0v) is 20.1. The number of hydrogen-bond donors (Lipinski definition) is 1. The van der Waals surface area contributed by atoms with Crippen molar-refractivity contribution in [2.45, 2.75) is 25.3 Å². The SMILES string of the molecule is O=C1C(=O)N(c2ccc(N3CCCCC3)cc2)C(c2ccncc2)/C1=C(\O)c1ccc(Br)cc1. The summed E-state index contributed by atoms with van der Waals surface area (Å²) in [5.41, 5.74) is 2.96. The van der Waals surface area contributed by atoms with Crippen LogP contribution in [0.3, 0.4) is 0 Å². The highest BCUT2D eigenvalue weighted by Gasteiger charge is 2.47. The van der Waals surface area contributed by atoms with Crippen LogP contribution in [0, 0.1) is 0 Å². The Morgan fingerprint density at radius 2 is 1.47 bits per heavy atom. The smallest absolute Gasteiger partial charge is 0.300 e. The van der Waals surface area contributed by atoms with Crippen LogP contribution in [0.1, 0.15) is 36.4 Å². The van der Waals surface area contributed by atoms with Crippen LogP contribution in [0.4, 0.5) is 11.4 Å². The second kappa shape index (κ2) is 9.43. The van der Waals surface area contributed by atoms with Gasteiger partial charge in [0.2, 0.25) is 0 Å². The fraction of sp³-hybridized carbons (Fsp3) is 0.222. The molecule has 2 aromatic carbocycles. The lowest BCUT2D eigenvalue weighted by atomic mass is 9.96. The molecule has 1 aromatic heterocycles. The van der Waals surface area contributed by atoms with Crippen molar-refractivity contribution in [2.75, 3.05) is 22.9 Å². The number of aliphatic hydroxyl groups excluding tert-OH is 1. The summed E-state index contributed by atoms with van der Waals surface area (Å²) in [6.45, 7) is 2.04. The number of ketones is 1. The fourth-order valence-electron chi connectivity index (χ4n) is 4.70. The van der Waals surface area contributed by atoms with Crippen molar-refractivity contribution in [1.29, 1.82) is 0 Å². The molecule has 2 aliphatic heterocycles. The molecule has 1 unspecified atom stereocenters. The van der Waals surface area contributed by atoms with Gasteiger partial charge in [0, 0.05) is 46.9 Å². The number of halogens is 1. The molecule has 3 heterocycles. The maximum absolute atomic E-state index is 13.3. The van der Waals surface area contributed by atoms with Crippen LogP contribution in [0.5, 0.6) is 0 Å². The summed E-state index contributed by atoms with van der Waals surface area (Å²) in [6, 6.07) is 17.5. The monoisotopic (exact) mass is 517 g/mol. The lowest BCUT2D eigenvalue weighted by Gasteiger charge is -2.30. The van der Waals surface area contributed by atoms with Gasteiger partial charge in [-0.2, -0.15) is 0 Å². The Hall–Kier alpha value is -3.45. The molecule has 6 nitrogen and oxygen atoms in total. The molecule has 3 aromatic rings. The minimum absolute atomic E-state index is 0.0682. The summed E-state index contributed by atoms with van der Waals surface area (Å²) in [5.74, 6) is -1.56. The quantitative estimate of drug-likeness (QED) is 0.282. The molecule has 2 aliphatic rings. The van der Waals surface area contributed by atoms with E-state index in [2.05, 4.69) is 25.8 Å². The molecule has 1 atom stereocenters. The zero-order valence-electron chi connectivity index (χ0n) is 18.5. The molecule has 2 fully saturated rings. The average molecular weight is 518 g/mol. The first-order valence-electron chi connectivity index (χ1n) is 11.4. The minimum Gasteiger partial charge on any atom is -0.507 e. The molecular weight excluding hydrogens is 494 g/mol. The number of nitrogens with zero attached hydrogens (tertiary/aromatic N) is 3. The van der Waals surface area contributed by atoms with Crippen LogP contribution in [0.2, 0.25) is 0 Å². The van der Waals surface area contributed by atoms with Crippen molar-refractivity contribution in [3.63, 3.8) is 0 Å². The van der Waals surface area contributed by atoms with Crippen LogP contribution in [0.15, 0.2) is 83.1 Å². The van der Waals surface area contributed by atoms with E-state index in [-0.39, 0.29) is 11.3 Å². The Balaban J connectivity index is 1.59. The molecule has 0 bridgehead atoms. The van der Waals surface area contributed by atoms with Gasteiger partial charge in [0.15, 0.2) is 0 Å². The maximum Gasteiger partial charge on any atom is 0.300 e. The molecule has 1 N–H and O–H groups in total. The summed E-state index contributed by atoms with van der Waals surface area (Å²) in [5, 5.41) is 11.2. The lowest BCUT2D eigenvalue weighted by molar-refractivity contribution is -0.132. The predicted molar refractivity (Wildman–Crippen MR) is 136 cm³/mol. The largest absolute Gasteiger partial charge is 0.507 e. The average Bonchev–Trinajstić information content (AvgIpc) is 3.15. The Bertz CT molecular complexity index is 1230. The molecule has 34 heavy (non-hydrogen) atoms. The summed E-state index contributed by atoms with van der Waals surface area (Å²) in [7, 11) is 0. The van der Waals surface area contributed by atoms with Gasteiger partial charge in [-0.3, -0.25) is 19.5 Å². The Kier molecular flexibility index (Phi) is 6.20. The van der Waals surface area contributed by atoms with E-state index in [9.17, 15) is 14.7 Å². The Morgan fingerprint density at radius 1 is 0.853 bits per heavy atom. The van der Waals surface area contributed by atoms with Crippen molar-refractivity contribution >= 4 is 44.8 Å². The van der Waals surface area contributed by atoms with Crippen molar-refractivity contribution in [3.05, 3.63) is 94.2 Å². The van der Waals surface area contributed by atoms with E-state index in [1.165, 1.54) is 24.2 Å². The lowest BCUT2D eigenvalue weighted by Crippen LogP contribution is -2.30. The third kappa shape index (κ3) is 4.12. The third-order valence-corrected chi connectivity index (χ3v) is 6.96. The van der Waals surface area contributed by atoms with Crippen LogP contribution in [-0.2, 0) is 9.59 Å². The number of carbonyl (C=O) groups excluding carboxylic acids is 2. The van der Waals surface area contributed by atoms with Crippen LogP contribution < -0.4 is 9.80 Å². The number of aromatic nitrogens is 1. The molecular formula is C27H24BrN3O3. The fourth-order valence-corrected chi connectivity index (χ4v) is 4.96. The van der Waals surface area contributed by atoms with E-state index in [1.54, 1.807) is 48.8 Å². The van der Waals surface area contributed by atoms with Crippen molar-refractivity contribution < 1.29 is 14.7 Å². The standard InChI is InChI=1S/C27H24BrN3O3/c28-20-6-4-19(5-7-20)25(32)23-24(18-12-14-29-15-13-18)31(27(34)26(23)33)22-10-8-21(9-11-22)30-16-2-1-3-17-30/h4-15,24,32H,1-3,16-17H2/b25-23+. The summed E-state index contributed by atoms with van der Waals surface area (Å²) < 4.78 is 0.851. The van der Waals surface area contributed by atoms with Crippen LogP contribution in [0.25, 0.3) is 5.76 Å². The van der Waals surface area contributed by atoms with Gasteiger partial charge >= 0.3 is 0 Å². The number of rotatable bonds is 4. The second-order valence-corrected chi connectivity index (χ2v) is 9.44. The topological polar surface area (TPSA) is 73.7 Å². The summed E-state index contributed by atoms with van der Waals surface area (Å²) >= 11 is 3.39. The predicted octanol–water partition coefficient (Wildman–Crippen LogP) is 5.46. The second-order valence-electron chi connectivity index (χ2n) is 8.52. The number of Topliss-reactive ketones (excluding diaryl/α,β-unsaturated/α-hetero) is 1. The first kappa shape index (κ1) is 22.3. The van der Waals surface area contributed by atoms with Gasteiger partial charge in [0.25, 0.3) is 11.7 Å².